The molecule has 0 radical (unpaired) electrons. The lowest BCUT2D eigenvalue weighted by Crippen LogP contribution is -2.04. The van der Waals surface area contributed by atoms with Crippen molar-refractivity contribution in [2.75, 3.05) is 0 Å². The molecule has 16 heavy (non-hydrogen) atoms. The number of nitrogens with zero attached hydrogens (tertiary/aromatic N) is 3. The van der Waals surface area contributed by atoms with Gasteiger partial charge in [0.25, 0.3) is 0 Å². The third-order valence-electron chi connectivity index (χ3n) is 2.56. The first-order valence-corrected chi connectivity index (χ1v) is 5.70. The van der Waals surface area contributed by atoms with Crippen molar-refractivity contribution in [2.45, 2.75) is 33.2 Å². The molecule has 2 aromatic heterocycles. The Bertz CT molecular complexity index is 460. The lowest BCUT2D eigenvalue weighted by molar-refractivity contribution is 0.703. The number of hydrogen-bond donors (Lipinski definition) is 0. The highest BCUT2D eigenvalue weighted by molar-refractivity contribution is 5.17. The summed E-state index contributed by atoms with van der Waals surface area (Å²) in [5.74, 6) is 1.16. The number of aromatic nitrogens is 3. The quantitative estimate of drug-likeness (QED) is 0.784. The Balaban J connectivity index is 2.17. The molecule has 0 saturated carbocycles. The largest absolute Gasteiger partial charge is 0.330 e. The van der Waals surface area contributed by atoms with Crippen LogP contribution in [0.5, 0.6) is 0 Å². The third kappa shape index (κ3) is 2.48. The summed E-state index contributed by atoms with van der Waals surface area (Å²) in [6.45, 7) is 5.11. The van der Waals surface area contributed by atoms with Crippen LogP contribution in [0.1, 0.15) is 30.3 Å². The van der Waals surface area contributed by atoms with Crippen LogP contribution in [-0.4, -0.2) is 14.5 Å². The Labute approximate surface area is 96.2 Å². The van der Waals surface area contributed by atoms with Gasteiger partial charge in [0.15, 0.2) is 0 Å². The predicted octanol–water partition coefficient (Wildman–Crippen LogP) is 2.59. The van der Waals surface area contributed by atoms with E-state index in [4.69, 9.17) is 0 Å². The van der Waals surface area contributed by atoms with E-state index in [2.05, 4.69) is 34.4 Å². The van der Waals surface area contributed by atoms with Crippen LogP contribution in [-0.2, 0) is 13.0 Å². The second-order valence-electron chi connectivity index (χ2n) is 4.09. The summed E-state index contributed by atoms with van der Waals surface area (Å²) in [4.78, 5) is 8.57. The molecule has 2 heterocycles. The highest BCUT2D eigenvalue weighted by Gasteiger charge is 2.02. The second kappa shape index (κ2) is 4.92. The molecule has 0 unspecified atom stereocenters. The predicted molar refractivity (Wildman–Crippen MR) is 64.3 cm³/mol. The molecule has 0 spiro atoms. The Morgan fingerprint density at radius 1 is 1.31 bits per heavy atom. The van der Waals surface area contributed by atoms with Crippen molar-refractivity contribution in [3.05, 3.63) is 47.8 Å². The minimum absolute atomic E-state index is 0.865. The normalized spacial score (nSPS) is 10.6. The summed E-state index contributed by atoms with van der Waals surface area (Å²) >= 11 is 0. The Morgan fingerprint density at radius 2 is 2.19 bits per heavy atom. The fourth-order valence-corrected chi connectivity index (χ4v) is 1.84. The monoisotopic (exact) mass is 215 g/mol. The molecule has 0 aliphatic rings. The zero-order valence-corrected chi connectivity index (χ0v) is 9.85. The van der Waals surface area contributed by atoms with Gasteiger partial charge in [0, 0.05) is 31.2 Å². The first-order valence-electron chi connectivity index (χ1n) is 5.70. The Morgan fingerprint density at radius 3 is 2.94 bits per heavy atom. The van der Waals surface area contributed by atoms with Crippen LogP contribution >= 0.6 is 0 Å². The molecule has 0 bridgehead atoms. The first-order chi connectivity index (χ1) is 7.79. The second-order valence-corrected chi connectivity index (χ2v) is 4.09. The topological polar surface area (TPSA) is 30.7 Å². The SMILES string of the molecule is CCCc1nccn1Cc1cncc(C)c1. The van der Waals surface area contributed by atoms with Crippen LogP contribution < -0.4 is 0 Å². The van der Waals surface area contributed by atoms with E-state index in [-0.39, 0.29) is 0 Å². The number of rotatable bonds is 4. The maximum Gasteiger partial charge on any atom is 0.108 e. The van der Waals surface area contributed by atoms with Gasteiger partial charge in [0.1, 0.15) is 5.82 Å². The average Bonchev–Trinajstić information content (AvgIpc) is 2.66. The fourth-order valence-electron chi connectivity index (χ4n) is 1.84. The number of imidazole rings is 1. The lowest BCUT2D eigenvalue weighted by Gasteiger charge is -2.07. The van der Waals surface area contributed by atoms with Crippen LogP contribution in [0.2, 0.25) is 0 Å². The van der Waals surface area contributed by atoms with E-state index < -0.39 is 0 Å². The highest BCUT2D eigenvalue weighted by atomic mass is 15.1. The smallest absolute Gasteiger partial charge is 0.108 e. The van der Waals surface area contributed by atoms with Crippen LogP contribution in [0.3, 0.4) is 0 Å². The van der Waals surface area contributed by atoms with Gasteiger partial charge in [-0.25, -0.2) is 4.98 Å². The van der Waals surface area contributed by atoms with Gasteiger partial charge in [0.05, 0.1) is 6.54 Å². The van der Waals surface area contributed by atoms with E-state index >= 15 is 0 Å². The minimum atomic E-state index is 0.865. The number of aryl methyl sites for hydroxylation is 2. The molecule has 2 aromatic rings. The summed E-state index contributed by atoms with van der Waals surface area (Å²) in [5, 5.41) is 0. The molecule has 0 amide bonds. The number of hydrogen-bond acceptors (Lipinski definition) is 2. The third-order valence-corrected chi connectivity index (χ3v) is 2.56. The van der Waals surface area contributed by atoms with Gasteiger partial charge >= 0.3 is 0 Å². The first kappa shape index (κ1) is 10.9. The van der Waals surface area contributed by atoms with Gasteiger partial charge in [-0.05, 0) is 24.5 Å². The lowest BCUT2D eigenvalue weighted by atomic mass is 10.2. The van der Waals surface area contributed by atoms with E-state index in [0.29, 0.717) is 0 Å². The summed E-state index contributed by atoms with van der Waals surface area (Å²) < 4.78 is 2.19. The Hall–Kier alpha value is -1.64. The molecule has 3 nitrogen and oxygen atoms in total. The fraction of sp³-hybridized carbons (Fsp3) is 0.385. The van der Waals surface area contributed by atoms with E-state index in [1.54, 1.807) is 0 Å². The molecular weight excluding hydrogens is 198 g/mol. The van der Waals surface area contributed by atoms with Crippen LogP contribution in [0, 0.1) is 6.92 Å². The van der Waals surface area contributed by atoms with Crippen molar-refractivity contribution in [3.8, 4) is 0 Å². The van der Waals surface area contributed by atoms with E-state index in [0.717, 1.165) is 25.2 Å². The molecule has 0 aromatic carbocycles. The molecule has 0 fully saturated rings. The van der Waals surface area contributed by atoms with Gasteiger partial charge in [-0.1, -0.05) is 13.0 Å². The molecule has 0 atom stereocenters. The van der Waals surface area contributed by atoms with Gasteiger partial charge in [-0.2, -0.15) is 0 Å². The molecule has 3 heteroatoms. The molecular formula is C13H17N3. The average molecular weight is 215 g/mol. The van der Waals surface area contributed by atoms with Crippen LogP contribution in [0.4, 0.5) is 0 Å². The van der Waals surface area contributed by atoms with Crippen molar-refractivity contribution in [1.29, 1.82) is 0 Å². The molecule has 0 saturated heterocycles. The zero-order valence-electron chi connectivity index (χ0n) is 9.85. The van der Waals surface area contributed by atoms with Crippen LogP contribution in [0.15, 0.2) is 30.9 Å². The summed E-state index contributed by atoms with van der Waals surface area (Å²) in [7, 11) is 0. The van der Waals surface area contributed by atoms with Gasteiger partial charge < -0.3 is 4.57 Å². The van der Waals surface area contributed by atoms with Gasteiger partial charge in [0.2, 0.25) is 0 Å². The van der Waals surface area contributed by atoms with Crippen molar-refractivity contribution in [2.24, 2.45) is 0 Å². The van der Waals surface area contributed by atoms with Crippen molar-refractivity contribution in [1.82, 2.24) is 14.5 Å². The van der Waals surface area contributed by atoms with E-state index in [9.17, 15) is 0 Å². The van der Waals surface area contributed by atoms with Gasteiger partial charge in [-0.15, -0.1) is 0 Å². The standard InChI is InChI=1S/C13H17N3/c1-3-4-13-15-5-6-16(13)10-12-7-11(2)8-14-9-12/h5-9H,3-4,10H2,1-2H3. The van der Waals surface area contributed by atoms with E-state index in [1.807, 2.05) is 24.8 Å². The molecule has 0 aliphatic heterocycles. The molecule has 84 valence electrons. The van der Waals surface area contributed by atoms with Gasteiger partial charge in [-0.3, -0.25) is 4.98 Å². The minimum Gasteiger partial charge on any atom is -0.330 e. The maximum absolute atomic E-state index is 4.37. The van der Waals surface area contributed by atoms with Crippen molar-refractivity contribution >= 4 is 0 Å². The Kier molecular flexibility index (Phi) is 3.34. The summed E-state index contributed by atoms with van der Waals surface area (Å²) in [5.41, 5.74) is 2.44. The van der Waals surface area contributed by atoms with Crippen molar-refractivity contribution in [3.63, 3.8) is 0 Å². The molecule has 0 aliphatic carbocycles. The molecule has 2 rings (SSSR count). The molecule has 0 N–H and O–H groups in total. The summed E-state index contributed by atoms with van der Waals surface area (Å²) in [6, 6.07) is 2.17. The highest BCUT2D eigenvalue weighted by Crippen LogP contribution is 2.07. The van der Waals surface area contributed by atoms with E-state index in [1.165, 1.54) is 11.1 Å². The van der Waals surface area contributed by atoms with Crippen LogP contribution in [0.25, 0.3) is 0 Å². The number of pyridine rings is 1. The maximum atomic E-state index is 4.37. The summed E-state index contributed by atoms with van der Waals surface area (Å²) in [6.07, 6.45) is 9.87. The van der Waals surface area contributed by atoms with Crippen molar-refractivity contribution < 1.29 is 0 Å². The zero-order chi connectivity index (χ0) is 11.4.